The van der Waals surface area contributed by atoms with Gasteiger partial charge in [0.1, 0.15) is 5.82 Å². The zero-order valence-corrected chi connectivity index (χ0v) is 13.1. The summed E-state index contributed by atoms with van der Waals surface area (Å²) in [5, 5.41) is 2.68. The van der Waals surface area contributed by atoms with E-state index in [0.29, 0.717) is 18.7 Å². The molecular weight excluding hydrogens is 315 g/mol. The standard InChI is InChI=1S/C17H15FN2O2S/c18-14-4-2-1-3-13(14)15-7-5-12(23-15)6-8-17(22)20-10-9-19-16(21)11-20/h1-8H,9-11H2,(H,19,21)/b8-6+. The monoisotopic (exact) mass is 330 g/mol. The Morgan fingerprint density at radius 1 is 1.26 bits per heavy atom. The molecule has 0 aliphatic carbocycles. The fraction of sp³-hybridized carbons (Fsp3) is 0.176. The molecule has 2 heterocycles. The first kappa shape index (κ1) is 15.4. The van der Waals surface area contributed by atoms with Crippen molar-refractivity contribution in [3.8, 4) is 10.4 Å². The van der Waals surface area contributed by atoms with Crippen molar-refractivity contribution in [3.05, 3.63) is 53.2 Å². The van der Waals surface area contributed by atoms with Gasteiger partial charge in [0.2, 0.25) is 11.8 Å². The number of benzene rings is 1. The van der Waals surface area contributed by atoms with Crippen molar-refractivity contribution >= 4 is 29.2 Å². The second-order valence-electron chi connectivity index (χ2n) is 5.12. The number of piperazine rings is 1. The number of nitrogens with one attached hydrogen (secondary N) is 1. The molecule has 0 radical (unpaired) electrons. The van der Waals surface area contributed by atoms with E-state index in [1.807, 2.05) is 12.1 Å². The average molecular weight is 330 g/mol. The van der Waals surface area contributed by atoms with Gasteiger partial charge in [0.05, 0.1) is 6.54 Å². The molecule has 0 bridgehead atoms. The van der Waals surface area contributed by atoms with E-state index >= 15 is 0 Å². The minimum Gasteiger partial charge on any atom is -0.353 e. The number of rotatable bonds is 3. The Kier molecular flexibility index (Phi) is 4.52. The number of amides is 2. The summed E-state index contributed by atoms with van der Waals surface area (Å²) in [7, 11) is 0. The van der Waals surface area contributed by atoms with Crippen LogP contribution in [0.1, 0.15) is 4.88 Å². The van der Waals surface area contributed by atoms with Crippen molar-refractivity contribution in [2.75, 3.05) is 19.6 Å². The van der Waals surface area contributed by atoms with Gasteiger partial charge in [-0.1, -0.05) is 18.2 Å². The smallest absolute Gasteiger partial charge is 0.247 e. The number of halogens is 1. The van der Waals surface area contributed by atoms with Gasteiger partial charge in [-0.15, -0.1) is 11.3 Å². The number of carbonyl (C=O) groups excluding carboxylic acids is 2. The SMILES string of the molecule is O=C1CN(C(=O)/C=C/c2ccc(-c3ccccc3F)s2)CCN1. The molecule has 0 spiro atoms. The predicted octanol–water partition coefficient (Wildman–Crippen LogP) is 2.53. The molecule has 6 heteroatoms. The van der Waals surface area contributed by atoms with Crippen molar-refractivity contribution in [1.82, 2.24) is 10.2 Å². The van der Waals surface area contributed by atoms with E-state index in [2.05, 4.69) is 5.32 Å². The lowest BCUT2D eigenvalue weighted by Crippen LogP contribution is -2.49. The van der Waals surface area contributed by atoms with Crippen molar-refractivity contribution in [3.63, 3.8) is 0 Å². The second-order valence-corrected chi connectivity index (χ2v) is 6.24. The van der Waals surface area contributed by atoms with Gasteiger partial charge < -0.3 is 10.2 Å². The van der Waals surface area contributed by atoms with E-state index in [0.717, 1.165) is 9.75 Å². The van der Waals surface area contributed by atoms with Gasteiger partial charge in [0, 0.05) is 34.5 Å². The van der Waals surface area contributed by atoms with E-state index < -0.39 is 0 Å². The lowest BCUT2D eigenvalue weighted by Gasteiger charge is -2.25. The molecular formula is C17H15FN2O2S. The third kappa shape index (κ3) is 3.65. The van der Waals surface area contributed by atoms with Gasteiger partial charge in [-0.05, 0) is 24.3 Å². The highest BCUT2D eigenvalue weighted by molar-refractivity contribution is 7.16. The highest BCUT2D eigenvalue weighted by atomic mass is 32.1. The molecule has 0 unspecified atom stereocenters. The number of hydrogen-bond donors (Lipinski definition) is 1. The number of thiophene rings is 1. The maximum absolute atomic E-state index is 13.8. The van der Waals surface area contributed by atoms with E-state index in [1.165, 1.54) is 28.4 Å². The molecule has 2 amide bonds. The highest BCUT2D eigenvalue weighted by Crippen LogP contribution is 2.30. The quantitative estimate of drug-likeness (QED) is 0.879. The van der Waals surface area contributed by atoms with Crippen LogP contribution in [0.4, 0.5) is 4.39 Å². The molecule has 1 aliphatic rings. The van der Waals surface area contributed by atoms with Gasteiger partial charge in [0.15, 0.2) is 0 Å². The molecule has 1 aliphatic heterocycles. The Morgan fingerprint density at radius 3 is 2.87 bits per heavy atom. The van der Waals surface area contributed by atoms with Gasteiger partial charge in [0.25, 0.3) is 0 Å². The Balaban J connectivity index is 1.70. The Bertz CT molecular complexity index is 769. The fourth-order valence-electron chi connectivity index (χ4n) is 2.33. The summed E-state index contributed by atoms with van der Waals surface area (Å²) in [6.07, 6.45) is 3.15. The van der Waals surface area contributed by atoms with Crippen LogP contribution in [0.3, 0.4) is 0 Å². The fourth-order valence-corrected chi connectivity index (χ4v) is 3.27. The van der Waals surface area contributed by atoms with Crippen LogP contribution in [0.5, 0.6) is 0 Å². The first-order valence-corrected chi connectivity index (χ1v) is 8.03. The highest BCUT2D eigenvalue weighted by Gasteiger charge is 2.19. The molecule has 1 fully saturated rings. The van der Waals surface area contributed by atoms with Crippen LogP contribution in [0.2, 0.25) is 0 Å². The van der Waals surface area contributed by atoms with Crippen molar-refractivity contribution in [2.24, 2.45) is 0 Å². The molecule has 3 rings (SSSR count). The summed E-state index contributed by atoms with van der Waals surface area (Å²) in [6.45, 7) is 1.09. The van der Waals surface area contributed by atoms with E-state index in [-0.39, 0.29) is 24.2 Å². The van der Waals surface area contributed by atoms with Crippen LogP contribution in [-0.2, 0) is 9.59 Å². The summed E-state index contributed by atoms with van der Waals surface area (Å²) in [5.74, 6) is -0.600. The molecule has 4 nitrogen and oxygen atoms in total. The second kappa shape index (κ2) is 6.75. The third-order valence-corrected chi connectivity index (χ3v) is 4.59. The third-order valence-electron chi connectivity index (χ3n) is 3.51. The van der Waals surface area contributed by atoms with Gasteiger partial charge in [-0.2, -0.15) is 0 Å². The summed E-state index contributed by atoms with van der Waals surface area (Å²) in [5.41, 5.74) is 0.552. The minimum atomic E-state index is -0.264. The number of nitrogens with zero attached hydrogens (tertiary/aromatic N) is 1. The molecule has 1 aromatic heterocycles. The maximum atomic E-state index is 13.8. The number of hydrogen-bond acceptors (Lipinski definition) is 3. The van der Waals surface area contributed by atoms with Gasteiger partial charge in [-0.25, -0.2) is 4.39 Å². The van der Waals surface area contributed by atoms with E-state index in [9.17, 15) is 14.0 Å². The van der Waals surface area contributed by atoms with E-state index in [1.54, 1.807) is 24.3 Å². The summed E-state index contributed by atoms with van der Waals surface area (Å²) in [6, 6.07) is 10.3. The lowest BCUT2D eigenvalue weighted by atomic mass is 10.2. The van der Waals surface area contributed by atoms with Crippen molar-refractivity contribution in [1.29, 1.82) is 0 Å². The zero-order chi connectivity index (χ0) is 16.2. The van der Waals surface area contributed by atoms with Crippen LogP contribution in [0.25, 0.3) is 16.5 Å². The van der Waals surface area contributed by atoms with Gasteiger partial charge >= 0.3 is 0 Å². The molecule has 23 heavy (non-hydrogen) atoms. The Morgan fingerprint density at radius 2 is 2.09 bits per heavy atom. The first-order valence-electron chi connectivity index (χ1n) is 7.22. The van der Waals surface area contributed by atoms with Crippen LogP contribution < -0.4 is 5.32 Å². The zero-order valence-electron chi connectivity index (χ0n) is 12.3. The van der Waals surface area contributed by atoms with Crippen LogP contribution in [0, 0.1) is 5.82 Å². The van der Waals surface area contributed by atoms with Crippen molar-refractivity contribution in [2.45, 2.75) is 0 Å². The molecule has 1 aromatic carbocycles. The summed E-state index contributed by atoms with van der Waals surface area (Å²) >= 11 is 1.41. The number of carbonyl (C=O) groups is 2. The molecule has 0 atom stereocenters. The summed E-state index contributed by atoms with van der Waals surface area (Å²) in [4.78, 5) is 26.5. The molecule has 1 saturated heterocycles. The molecule has 2 aromatic rings. The molecule has 1 N–H and O–H groups in total. The Labute approximate surface area is 137 Å². The van der Waals surface area contributed by atoms with Gasteiger partial charge in [-0.3, -0.25) is 9.59 Å². The van der Waals surface area contributed by atoms with Crippen LogP contribution in [0.15, 0.2) is 42.5 Å². The molecule has 0 saturated carbocycles. The largest absolute Gasteiger partial charge is 0.353 e. The lowest BCUT2D eigenvalue weighted by molar-refractivity contribution is -0.134. The average Bonchev–Trinajstić information content (AvgIpc) is 3.02. The predicted molar refractivity (Wildman–Crippen MR) is 88.3 cm³/mol. The van der Waals surface area contributed by atoms with Crippen LogP contribution >= 0.6 is 11.3 Å². The van der Waals surface area contributed by atoms with E-state index in [4.69, 9.17) is 0 Å². The van der Waals surface area contributed by atoms with Crippen molar-refractivity contribution < 1.29 is 14.0 Å². The van der Waals surface area contributed by atoms with Crippen LogP contribution in [-0.4, -0.2) is 36.3 Å². The topological polar surface area (TPSA) is 49.4 Å². The molecule has 118 valence electrons. The summed E-state index contributed by atoms with van der Waals surface area (Å²) < 4.78 is 13.8. The maximum Gasteiger partial charge on any atom is 0.247 e. The normalized spacial score (nSPS) is 15.0. The Hall–Kier alpha value is -2.47. The minimum absolute atomic E-state index is 0.0914. The first-order chi connectivity index (χ1) is 11.1.